The molecular formula is C7H15IN4. The van der Waals surface area contributed by atoms with Gasteiger partial charge in [0.25, 0.3) is 0 Å². The summed E-state index contributed by atoms with van der Waals surface area (Å²) in [4.78, 5) is 3.99. The van der Waals surface area contributed by atoms with E-state index in [-0.39, 0.29) is 24.0 Å². The number of hydrogen-bond donors (Lipinski definition) is 2. The molecule has 0 aliphatic carbocycles. The predicted octanol–water partition coefficient (Wildman–Crippen LogP) is 0.832. The first-order valence-electron chi connectivity index (χ1n) is 3.72. The van der Waals surface area contributed by atoms with Gasteiger partial charge in [-0.1, -0.05) is 6.92 Å². The average molecular weight is 282 g/mol. The van der Waals surface area contributed by atoms with E-state index in [4.69, 9.17) is 11.0 Å². The average Bonchev–Trinajstić information content (AvgIpc) is 2.01. The smallest absolute Gasteiger partial charge is 0.188 e. The van der Waals surface area contributed by atoms with E-state index in [9.17, 15) is 0 Å². The van der Waals surface area contributed by atoms with Gasteiger partial charge >= 0.3 is 0 Å². The third-order valence-electron chi connectivity index (χ3n) is 1.05. The van der Waals surface area contributed by atoms with Crippen molar-refractivity contribution >= 4 is 29.9 Å². The molecule has 0 aliphatic heterocycles. The molecule has 0 bridgehead atoms. The molecule has 0 atom stereocenters. The van der Waals surface area contributed by atoms with Gasteiger partial charge in [-0.2, -0.15) is 5.26 Å². The second kappa shape index (κ2) is 10.5. The zero-order chi connectivity index (χ0) is 8.53. The van der Waals surface area contributed by atoms with Crippen LogP contribution in [0, 0.1) is 11.3 Å². The molecule has 0 unspecified atom stereocenters. The normalized spacial score (nSPS) is 9.83. The quantitative estimate of drug-likeness (QED) is 0.347. The lowest BCUT2D eigenvalue weighted by molar-refractivity contribution is 0.859. The lowest BCUT2D eigenvalue weighted by Crippen LogP contribution is -2.32. The van der Waals surface area contributed by atoms with Crippen molar-refractivity contribution in [1.82, 2.24) is 5.32 Å². The first-order valence-corrected chi connectivity index (χ1v) is 3.72. The van der Waals surface area contributed by atoms with Gasteiger partial charge in [-0.3, -0.25) is 4.99 Å². The third kappa shape index (κ3) is 9.49. The summed E-state index contributed by atoms with van der Waals surface area (Å²) < 4.78 is 0. The van der Waals surface area contributed by atoms with Crippen LogP contribution in [0.2, 0.25) is 0 Å². The molecule has 0 amide bonds. The molecule has 0 aromatic rings. The summed E-state index contributed by atoms with van der Waals surface area (Å²) in [6.07, 6.45) is 1.45. The molecule has 0 aliphatic rings. The molecule has 0 fully saturated rings. The number of nitriles is 1. The SMILES string of the molecule is CCCN=C(N)NCCC#N.I. The van der Waals surface area contributed by atoms with Crippen LogP contribution >= 0.6 is 24.0 Å². The van der Waals surface area contributed by atoms with E-state index in [0.29, 0.717) is 18.9 Å². The summed E-state index contributed by atoms with van der Waals surface area (Å²) in [5, 5.41) is 11.0. The largest absolute Gasteiger partial charge is 0.370 e. The first-order chi connectivity index (χ1) is 5.31. The summed E-state index contributed by atoms with van der Waals surface area (Å²) in [5.41, 5.74) is 5.43. The number of aliphatic imine (C=N–C) groups is 1. The Morgan fingerprint density at radius 3 is 2.83 bits per heavy atom. The molecule has 70 valence electrons. The Bertz CT molecular complexity index is 161. The molecule has 0 aromatic heterocycles. The highest BCUT2D eigenvalue weighted by Gasteiger charge is 1.87. The van der Waals surface area contributed by atoms with Gasteiger partial charge in [0.15, 0.2) is 5.96 Å². The minimum Gasteiger partial charge on any atom is -0.370 e. The van der Waals surface area contributed by atoms with Gasteiger partial charge in [0.2, 0.25) is 0 Å². The second-order valence-corrected chi connectivity index (χ2v) is 2.10. The number of nitrogens with one attached hydrogen (secondary N) is 1. The van der Waals surface area contributed by atoms with Gasteiger partial charge in [-0.05, 0) is 6.42 Å². The Kier molecular flexibility index (Phi) is 12.3. The minimum absolute atomic E-state index is 0. The maximum absolute atomic E-state index is 8.18. The molecule has 0 saturated heterocycles. The monoisotopic (exact) mass is 282 g/mol. The molecule has 0 saturated carbocycles. The van der Waals surface area contributed by atoms with Gasteiger partial charge in [-0.25, -0.2) is 0 Å². The fourth-order valence-corrected chi connectivity index (χ4v) is 0.535. The van der Waals surface area contributed by atoms with E-state index in [1.165, 1.54) is 0 Å². The van der Waals surface area contributed by atoms with Crippen molar-refractivity contribution < 1.29 is 0 Å². The van der Waals surface area contributed by atoms with E-state index >= 15 is 0 Å². The van der Waals surface area contributed by atoms with Crippen LogP contribution in [0.25, 0.3) is 0 Å². The van der Waals surface area contributed by atoms with Crippen molar-refractivity contribution in [3.05, 3.63) is 0 Å². The lowest BCUT2D eigenvalue weighted by Gasteiger charge is -2.00. The van der Waals surface area contributed by atoms with Crippen molar-refractivity contribution in [3.63, 3.8) is 0 Å². The topological polar surface area (TPSA) is 74.2 Å². The van der Waals surface area contributed by atoms with Crippen molar-refractivity contribution in [2.45, 2.75) is 19.8 Å². The number of guanidine groups is 1. The molecule has 0 spiro atoms. The van der Waals surface area contributed by atoms with E-state index in [1.807, 2.05) is 13.0 Å². The molecule has 0 aromatic carbocycles. The van der Waals surface area contributed by atoms with Crippen LogP contribution in [0.5, 0.6) is 0 Å². The summed E-state index contributed by atoms with van der Waals surface area (Å²) in [6, 6.07) is 2.01. The highest BCUT2D eigenvalue weighted by Crippen LogP contribution is 1.76. The second-order valence-electron chi connectivity index (χ2n) is 2.10. The highest BCUT2D eigenvalue weighted by molar-refractivity contribution is 14.0. The van der Waals surface area contributed by atoms with E-state index in [0.717, 1.165) is 13.0 Å². The van der Waals surface area contributed by atoms with E-state index < -0.39 is 0 Å². The fraction of sp³-hybridized carbons (Fsp3) is 0.714. The minimum atomic E-state index is 0. The van der Waals surface area contributed by atoms with Gasteiger partial charge in [0.05, 0.1) is 12.5 Å². The molecule has 0 rings (SSSR count). The van der Waals surface area contributed by atoms with Gasteiger partial charge < -0.3 is 11.1 Å². The Morgan fingerprint density at radius 2 is 2.33 bits per heavy atom. The molecular weight excluding hydrogens is 267 g/mol. The van der Waals surface area contributed by atoms with Crippen LogP contribution in [0.1, 0.15) is 19.8 Å². The highest BCUT2D eigenvalue weighted by atomic mass is 127. The number of nitrogens with two attached hydrogens (primary N) is 1. The van der Waals surface area contributed by atoms with Gasteiger partial charge in [0, 0.05) is 13.1 Å². The Hall–Kier alpha value is -0.510. The van der Waals surface area contributed by atoms with Crippen molar-refractivity contribution in [1.29, 1.82) is 5.26 Å². The summed E-state index contributed by atoms with van der Waals surface area (Å²) in [5.74, 6) is 0.433. The molecule has 0 heterocycles. The van der Waals surface area contributed by atoms with Crippen LogP contribution in [0.4, 0.5) is 0 Å². The van der Waals surface area contributed by atoms with Gasteiger partial charge in [0.1, 0.15) is 0 Å². The fourth-order valence-electron chi connectivity index (χ4n) is 0.535. The summed E-state index contributed by atoms with van der Waals surface area (Å²) in [7, 11) is 0. The number of rotatable bonds is 4. The number of halogens is 1. The summed E-state index contributed by atoms with van der Waals surface area (Å²) in [6.45, 7) is 3.35. The Labute approximate surface area is 90.3 Å². The molecule has 0 radical (unpaired) electrons. The molecule has 4 nitrogen and oxygen atoms in total. The first kappa shape index (κ1) is 14.0. The third-order valence-corrected chi connectivity index (χ3v) is 1.05. The summed E-state index contributed by atoms with van der Waals surface area (Å²) >= 11 is 0. The molecule has 3 N–H and O–H groups in total. The maximum atomic E-state index is 8.18. The van der Waals surface area contributed by atoms with Crippen molar-refractivity contribution in [2.75, 3.05) is 13.1 Å². The Morgan fingerprint density at radius 1 is 1.67 bits per heavy atom. The number of hydrogen-bond acceptors (Lipinski definition) is 2. The van der Waals surface area contributed by atoms with Crippen LogP contribution < -0.4 is 11.1 Å². The van der Waals surface area contributed by atoms with Crippen LogP contribution in [-0.2, 0) is 0 Å². The standard InChI is InChI=1S/C7H14N4.HI/c1-2-5-10-7(9)11-6-3-4-8;/h2-3,5-6H2,1H3,(H3,9,10,11);1H. The molecule has 12 heavy (non-hydrogen) atoms. The van der Waals surface area contributed by atoms with Crippen molar-refractivity contribution in [3.8, 4) is 6.07 Å². The predicted molar refractivity (Wildman–Crippen MR) is 60.4 cm³/mol. The van der Waals surface area contributed by atoms with Crippen LogP contribution in [0.3, 0.4) is 0 Å². The van der Waals surface area contributed by atoms with Crippen LogP contribution in [0.15, 0.2) is 4.99 Å². The Balaban J connectivity index is 0. The van der Waals surface area contributed by atoms with Crippen molar-refractivity contribution in [2.24, 2.45) is 10.7 Å². The number of nitrogens with zero attached hydrogens (tertiary/aromatic N) is 2. The van der Waals surface area contributed by atoms with Gasteiger partial charge in [-0.15, -0.1) is 24.0 Å². The van der Waals surface area contributed by atoms with E-state index in [1.54, 1.807) is 0 Å². The zero-order valence-corrected chi connectivity index (χ0v) is 9.54. The zero-order valence-electron chi connectivity index (χ0n) is 7.21. The molecule has 5 heteroatoms. The van der Waals surface area contributed by atoms with E-state index in [2.05, 4.69) is 10.3 Å². The van der Waals surface area contributed by atoms with Crippen LogP contribution in [-0.4, -0.2) is 19.0 Å². The lowest BCUT2D eigenvalue weighted by atomic mass is 10.5. The maximum Gasteiger partial charge on any atom is 0.188 e.